The summed E-state index contributed by atoms with van der Waals surface area (Å²) in [7, 11) is -0.464. The first-order chi connectivity index (χ1) is 14.7. The number of anilines is 1. The topological polar surface area (TPSA) is 94.2 Å². The van der Waals surface area contributed by atoms with Crippen LogP contribution in [0.1, 0.15) is 12.8 Å². The highest BCUT2D eigenvalue weighted by atomic mass is 35.5. The smallest absolute Gasteiger partial charge is 0.232 e. The molecule has 2 rings (SSSR count). The second-order valence-electron chi connectivity index (χ2n) is 6.63. The molecular weight excluding hydrogens is 444 g/mol. The molecule has 0 unspecified atom stereocenters. The van der Waals surface area contributed by atoms with E-state index in [-0.39, 0.29) is 18.9 Å². The Labute approximate surface area is 188 Å². The normalized spacial score (nSPS) is 11.0. The number of nitrogens with zero attached hydrogens (tertiary/aromatic N) is 1. The van der Waals surface area contributed by atoms with Crippen LogP contribution in [0, 0.1) is 0 Å². The van der Waals surface area contributed by atoms with Crippen LogP contribution in [0.2, 0.25) is 5.02 Å². The van der Waals surface area contributed by atoms with Crippen molar-refractivity contribution in [2.45, 2.75) is 12.8 Å². The molecule has 0 bridgehead atoms. The van der Waals surface area contributed by atoms with Crippen LogP contribution in [0.5, 0.6) is 17.2 Å². The van der Waals surface area contributed by atoms with Gasteiger partial charge >= 0.3 is 0 Å². The molecule has 10 heteroatoms. The van der Waals surface area contributed by atoms with E-state index >= 15 is 0 Å². The fourth-order valence-corrected chi connectivity index (χ4v) is 4.01. The molecule has 0 spiro atoms. The zero-order valence-corrected chi connectivity index (χ0v) is 19.3. The Bertz CT molecular complexity index is 966. The molecule has 0 radical (unpaired) electrons. The molecule has 2 aromatic rings. The number of sulfonamides is 1. The van der Waals surface area contributed by atoms with Gasteiger partial charge in [0.25, 0.3) is 0 Å². The van der Waals surface area contributed by atoms with Crippen molar-refractivity contribution in [1.29, 1.82) is 0 Å². The monoisotopic (exact) mass is 470 g/mol. The van der Waals surface area contributed by atoms with E-state index in [2.05, 4.69) is 5.32 Å². The number of carbonyl (C=O) groups excluding carboxylic acids is 1. The number of carbonyl (C=O) groups is 1. The van der Waals surface area contributed by atoms with Crippen LogP contribution in [0.25, 0.3) is 0 Å². The SMILES string of the molecule is COc1ccc(OCCNC(=O)CCCN(c2ccc(OC)c(Cl)c2)S(C)(=O)=O)cc1. The quantitative estimate of drug-likeness (QED) is 0.479. The van der Waals surface area contributed by atoms with Gasteiger partial charge in [-0.2, -0.15) is 0 Å². The van der Waals surface area contributed by atoms with E-state index in [4.69, 9.17) is 25.8 Å². The Balaban J connectivity index is 1.78. The van der Waals surface area contributed by atoms with Crippen molar-refractivity contribution >= 4 is 33.2 Å². The van der Waals surface area contributed by atoms with Crippen molar-refractivity contribution < 1.29 is 27.4 Å². The highest BCUT2D eigenvalue weighted by Crippen LogP contribution is 2.30. The van der Waals surface area contributed by atoms with Gasteiger partial charge in [-0.3, -0.25) is 9.10 Å². The summed E-state index contributed by atoms with van der Waals surface area (Å²) in [6.07, 6.45) is 1.64. The minimum atomic E-state index is -3.54. The Morgan fingerprint density at radius 1 is 1.06 bits per heavy atom. The first kappa shape index (κ1) is 24.6. The standard InChI is InChI=1S/C21H27ClN2O6S/c1-28-17-7-9-18(10-8-17)30-14-12-23-21(25)5-4-13-24(31(3,26)27)16-6-11-20(29-2)19(22)15-16/h6-11,15H,4-5,12-14H2,1-3H3,(H,23,25). The molecule has 0 aliphatic carbocycles. The second-order valence-corrected chi connectivity index (χ2v) is 8.95. The molecule has 1 amide bonds. The van der Waals surface area contributed by atoms with E-state index < -0.39 is 10.0 Å². The third kappa shape index (κ3) is 7.84. The molecule has 0 saturated carbocycles. The number of hydrogen-bond acceptors (Lipinski definition) is 6. The van der Waals surface area contributed by atoms with Gasteiger partial charge in [-0.1, -0.05) is 11.6 Å². The van der Waals surface area contributed by atoms with E-state index in [0.29, 0.717) is 41.8 Å². The van der Waals surface area contributed by atoms with Crippen molar-refractivity contribution in [3.63, 3.8) is 0 Å². The van der Waals surface area contributed by atoms with Crippen molar-refractivity contribution in [3.05, 3.63) is 47.5 Å². The van der Waals surface area contributed by atoms with Crippen LogP contribution in [0.15, 0.2) is 42.5 Å². The van der Waals surface area contributed by atoms with Gasteiger partial charge in [0.1, 0.15) is 23.9 Å². The van der Waals surface area contributed by atoms with Crippen LogP contribution < -0.4 is 23.8 Å². The van der Waals surface area contributed by atoms with E-state index in [1.807, 2.05) is 0 Å². The number of benzene rings is 2. The number of hydrogen-bond donors (Lipinski definition) is 1. The van der Waals surface area contributed by atoms with Gasteiger partial charge in [-0.15, -0.1) is 0 Å². The molecule has 1 N–H and O–H groups in total. The van der Waals surface area contributed by atoms with E-state index in [1.165, 1.54) is 17.5 Å². The van der Waals surface area contributed by atoms with Gasteiger partial charge in [-0.05, 0) is 48.9 Å². The Morgan fingerprint density at radius 2 is 1.74 bits per heavy atom. The van der Waals surface area contributed by atoms with Crippen LogP contribution in [-0.2, 0) is 14.8 Å². The lowest BCUT2D eigenvalue weighted by Crippen LogP contribution is -2.32. The Kier molecular flexibility index (Phi) is 9.26. The summed E-state index contributed by atoms with van der Waals surface area (Å²) >= 11 is 6.11. The van der Waals surface area contributed by atoms with Gasteiger partial charge < -0.3 is 19.5 Å². The number of amides is 1. The summed E-state index contributed by atoms with van der Waals surface area (Å²) in [5, 5.41) is 3.07. The summed E-state index contributed by atoms with van der Waals surface area (Å²) < 4.78 is 41.3. The van der Waals surface area contributed by atoms with Crippen molar-refractivity contribution in [2.24, 2.45) is 0 Å². The first-order valence-electron chi connectivity index (χ1n) is 9.59. The summed E-state index contributed by atoms with van der Waals surface area (Å²) in [4.78, 5) is 12.1. The molecule has 0 saturated heterocycles. The molecule has 0 atom stereocenters. The molecule has 31 heavy (non-hydrogen) atoms. The third-order valence-corrected chi connectivity index (χ3v) is 5.83. The predicted octanol–water partition coefficient (Wildman–Crippen LogP) is 3.10. The average Bonchev–Trinajstić information content (AvgIpc) is 2.74. The maximum absolute atomic E-state index is 12.2. The van der Waals surface area contributed by atoms with E-state index in [9.17, 15) is 13.2 Å². The summed E-state index contributed by atoms with van der Waals surface area (Å²) in [6.45, 7) is 0.809. The molecule has 170 valence electrons. The van der Waals surface area contributed by atoms with Crippen LogP contribution in [0.3, 0.4) is 0 Å². The van der Waals surface area contributed by atoms with Gasteiger partial charge in [0.15, 0.2) is 0 Å². The molecule has 0 fully saturated rings. The fourth-order valence-electron chi connectivity index (χ4n) is 2.80. The summed E-state index contributed by atoms with van der Waals surface area (Å²) in [6, 6.07) is 11.9. The minimum absolute atomic E-state index is 0.150. The molecular formula is C21H27ClN2O6S. The van der Waals surface area contributed by atoms with Gasteiger partial charge in [0, 0.05) is 13.0 Å². The average molecular weight is 471 g/mol. The van der Waals surface area contributed by atoms with Crippen molar-refractivity contribution in [1.82, 2.24) is 5.32 Å². The molecule has 0 heterocycles. The summed E-state index contributed by atoms with van der Waals surface area (Å²) in [5.74, 6) is 1.69. The molecule has 0 aliphatic heterocycles. The first-order valence-corrected chi connectivity index (χ1v) is 11.8. The van der Waals surface area contributed by atoms with E-state index in [1.54, 1.807) is 43.5 Å². The third-order valence-electron chi connectivity index (χ3n) is 4.34. The Morgan fingerprint density at radius 3 is 2.32 bits per heavy atom. The lowest BCUT2D eigenvalue weighted by molar-refractivity contribution is -0.121. The van der Waals surface area contributed by atoms with Crippen molar-refractivity contribution in [3.8, 4) is 17.2 Å². The zero-order chi connectivity index (χ0) is 22.9. The second kappa shape index (κ2) is 11.7. The zero-order valence-electron chi connectivity index (χ0n) is 17.8. The molecule has 0 aliphatic rings. The predicted molar refractivity (Wildman–Crippen MR) is 121 cm³/mol. The lowest BCUT2D eigenvalue weighted by Gasteiger charge is -2.23. The van der Waals surface area contributed by atoms with Crippen LogP contribution in [-0.4, -0.2) is 54.5 Å². The maximum Gasteiger partial charge on any atom is 0.232 e. The molecule has 8 nitrogen and oxygen atoms in total. The highest BCUT2D eigenvalue weighted by Gasteiger charge is 2.19. The largest absolute Gasteiger partial charge is 0.497 e. The minimum Gasteiger partial charge on any atom is -0.497 e. The number of nitrogens with one attached hydrogen (secondary N) is 1. The lowest BCUT2D eigenvalue weighted by atomic mass is 10.2. The number of ether oxygens (including phenoxy) is 3. The highest BCUT2D eigenvalue weighted by molar-refractivity contribution is 7.92. The number of halogens is 1. The number of rotatable bonds is 12. The van der Waals surface area contributed by atoms with Crippen molar-refractivity contribution in [2.75, 3.05) is 44.5 Å². The molecule has 0 aromatic heterocycles. The van der Waals surface area contributed by atoms with Crippen LogP contribution in [0.4, 0.5) is 5.69 Å². The van der Waals surface area contributed by atoms with Gasteiger partial charge in [0.2, 0.25) is 15.9 Å². The summed E-state index contributed by atoms with van der Waals surface area (Å²) in [5.41, 5.74) is 0.418. The fraction of sp³-hybridized carbons (Fsp3) is 0.381. The van der Waals surface area contributed by atoms with Gasteiger partial charge in [-0.25, -0.2) is 8.42 Å². The van der Waals surface area contributed by atoms with Gasteiger partial charge in [0.05, 0.1) is 37.7 Å². The molecule has 2 aromatic carbocycles. The van der Waals surface area contributed by atoms with Crippen LogP contribution >= 0.6 is 11.6 Å². The Hall–Kier alpha value is -2.65. The maximum atomic E-state index is 12.2. The van der Waals surface area contributed by atoms with E-state index in [0.717, 1.165) is 12.0 Å². The number of methoxy groups -OCH3 is 2.